The van der Waals surface area contributed by atoms with E-state index in [1.54, 1.807) is 6.20 Å². The molecule has 0 radical (unpaired) electrons. The van der Waals surface area contributed by atoms with Crippen molar-refractivity contribution in [3.63, 3.8) is 0 Å². The molecule has 3 aromatic rings. The number of aromatic amines is 1. The number of nitrogens with zero attached hydrogens (tertiary/aromatic N) is 2. The molecule has 2 heterocycles. The number of hydrogen-bond acceptors (Lipinski definition) is 2. The van der Waals surface area contributed by atoms with Gasteiger partial charge in [-0.25, -0.2) is 0 Å². The zero-order valence-corrected chi connectivity index (χ0v) is 14.2. The van der Waals surface area contributed by atoms with Crippen molar-refractivity contribution in [1.82, 2.24) is 14.8 Å². The van der Waals surface area contributed by atoms with E-state index in [0.29, 0.717) is 17.5 Å². The molecule has 1 aliphatic carbocycles. The molecule has 1 atom stereocenters. The van der Waals surface area contributed by atoms with Gasteiger partial charge < -0.3 is 10.3 Å². The molecule has 0 bridgehead atoms. The number of H-pyrrole nitrogens is 1. The average Bonchev–Trinajstić information content (AvgIpc) is 3.20. The monoisotopic (exact) mass is 342 g/mol. The van der Waals surface area contributed by atoms with Crippen molar-refractivity contribution in [1.29, 1.82) is 0 Å². The van der Waals surface area contributed by atoms with Gasteiger partial charge in [0.25, 0.3) is 0 Å². The van der Waals surface area contributed by atoms with Crippen molar-refractivity contribution in [3.05, 3.63) is 47.4 Å². The van der Waals surface area contributed by atoms with Gasteiger partial charge in [0.15, 0.2) is 0 Å². The van der Waals surface area contributed by atoms with E-state index in [0.717, 1.165) is 28.1 Å². The second-order valence-electron chi connectivity index (χ2n) is 6.52. The van der Waals surface area contributed by atoms with Gasteiger partial charge in [-0.3, -0.25) is 9.48 Å². The predicted molar refractivity (Wildman–Crippen MR) is 95.3 cm³/mol. The van der Waals surface area contributed by atoms with Crippen LogP contribution in [0.25, 0.3) is 10.9 Å². The molecule has 0 aliphatic heterocycles. The maximum absolute atomic E-state index is 12.3. The lowest BCUT2D eigenvalue weighted by atomic mass is 10.1. The molecule has 1 fully saturated rings. The third kappa shape index (κ3) is 3.04. The van der Waals surface area contributed by atoms with E-state index in [-0.39, 0.29) is 5.91 Å². The topological polar surface area (TPSA) is 62.7 Å². The Bertz CT molecular complexity index is 893. The first-order valence-corrected chi connectivity index (χ1v) is 8.57. The molecule has 0 spiro atoms. The summed E-state index contributed by atoms with van der Waals surface area (Å²) in [7, 11) is 0. The quantitative estimate of drug-likeness (QED) is 0.731. The molecule has 124 valence electrons. The van der Waals surface area contributed by atoms with E-state index in [1.165, 1.54) is 12.8 Å². The van der Waals surface area contributed by atoms with Crippen LogP contribution in [0.3, 0.4) is 0 Å². The lowest BCUT2D eigenvalue weighted by Crippen LogP contribution is -2.14. The highest BCUT2D eigenvalue weighted by Crippen LogP contribution is 2.39. The molecule has 1 unspecified atom stereocenters. The molecule has 1 amide bonds. The number of aromatic nitrogens is 3. The van der Waals surface area contributed by atoms with Crippen molar-refractivity contribution in [2.75, 3.05) is 5.32 Å². The highest BCUT2D eigenvalue weighted by atomic mass is 35.5. The number of anilines is 1. The molecular formula is C18H19ClN4O. The maximum Gasteiger partial charge on any atom is 0.228 e. The van der Waals surface area contributed by atoms with Crippen molar-refractivity contribution >= 4 is 34.1 Å². The van der Waals surface area contributed by atoms with Gasteiger partial charge in [-0.1, -0.05) is 11.6 Å². The molecule has 5 nitrogen and oxygen atoms in total. The van der Waals surface area contributed by atoms with E-state index in [9.17, 15) is 4.79 Å². The Morgan fingerprint density at radius 3 is 3.12 bits per heavy atom. The van der Waals surface area contributed by atoms with Gasteiger partial charge >= 0.3 is 0 Å². The summed E-state index contributed by atoms with van der Waals surface area (Å²) in [4.78, 5) is 15.5. The Kier molecular flexibility index (Phi) is 3.81. The number of hydrogen-bond donors (Lipinski definition) is 2. The summed E-state index contributed by atoms with van der Waals surface area (Å²) in [6, 6.07) is 6.03. The van der Waals surface area contributed by atoms with Crippen LogP contribution in [-0.4, -0.2) is 20.7 Å². The summed E-state index contributed by atoms with van der Waals surface area (Å²) >= 11 is 6.05. The Labute approximate surface area is 145 Å². The highest BCUT2D eigenvalue weighted by Gasteiger charge is 2.29. The fraction of sp³-hybridized carbons (Fsp3) is 0.333. The summed E-state index contributed by atoms with van der Waals surface area (Å²) in [5.41, 5.74) is 2.65. The van der Waals surface area contributed by atoms with E-state index in [4.69, 9.17) is 11.6 Å². The number of amides is 1. The van der Waals surface area contributed by atoms with Crippen molar-refractivity contribution in [3.8, 4) is 0 Å². The Balaban J connectivity index is 1.45. The van der Waals surface area contributed by atoms with Crippen molar-refractivity contribution in [2.45, 2.75) is 32.2 Å². The van der Waals surface area contributed by atoms with E-state index < -0.39 is 0 Å². The minimum atomic E-state index is -0.0606. The number of halogens is 1. The first kappa shape index (κ1) is 15.3. The van der Waals surface area contributed by atoms with Crippen LogP contribution in [-0.2, 0) is 11.2 Å². The normalized spacial score (nSPS) is 15.6. The van der Waals surface area contributed by atoms with Crippen LogP contribution in [0.2, 0.25) is 5.02 Å². The Morgan fingerprint density at radius 2 is 2.33 bits per heavy atom. The first-order chi connectivity index (χ1) is 11.6. The number of nitrogens with one attached hydrogen (secondary N) is 2. The number of fused-ring (bicyclic) bond motifs is 1. The van der Waals surface area contributed by atoms with Crippen LogP contribution in [0.4, 0.5) is 5.69 Å². The molecule has 0 saturated heterocycles. The average molecular weight is 343 g/mol. The standard InChI is InChI=1S/C18H19ClN4O/c1-11(12-2-3-12)23-10-15(9-21-23)22-18(24)6-13-8-20-17-5-4-14(19)7-16(13)17/h4-5,7-12,20H,2-3,6H2,1H3,(H,22,24). The maximum atomic E-state index is 12.3. The summed E-state index contributed by atoms with van der Waals surface area (Å²) < 4.78 is 1.94. The van der Waals surface area contributed by atoms with Gasteiger partial charge in [-0.2, -0.15) is 5.10 Å². The molecule has 4 rings (SSSR count). The SMILES string of the molecule is CC(C1CC1)n1cc(NC(=O)Cc2c[nH]c3ccc(Cl)cc23)cn1. The summed E-state index contributed by atoms with van der Waals surface area (Å²) in [5.74, 6) is 0.666. The molecule has 24 heavy (non-hydrogen) atoms. The minimum absolute atomic E-state index is 0.0606. The Morgan fingerprint density at radius 1 is 1.50 bits per heavy atom. The van der Waals surface area contributed by atoms with Gasteiger partial charge in [0.05, 0.1) is 24.3 Å². The van der Waals surface area contributed by atoms with Crippen LogP contribution in [0.15, 0.2) is 36.8 Å². The zero-order chi connectivity index (χ0) is 16.7. The van der Waals surface area contributed by atoms with Gasteiger partial charge in [-0.15, -0.1) is 0 Å². The largest absolute Gasteiger partial charge is 0.361 e. The van der Waals surface area contributed by atoms with Crippen molar-refractivity contribution in [2.24, 2.45) is 5.92 Å². The van der Waals surface area contributed by atoms with Gasteiger partial charge in [0, 0.05) is 28.3 Å². The van der Waals surface area contributed by atoms with Crippen LogP contribution < -0.4 is 5.32 Å². The summed E-state index contributed by atoms with van der Waals surface area (Å²) in [5, 5.41) is 8.94. The molecule has 1 saturated carbocycles. The summed E-state index contributed by atoms with van der Waals surface area (Å²) in [6.07, 6.45) is 8.32. The number of benzene rings is 1. The number of carbonyl (C=O) groups excluding carboxylic acids is 1. The predicted octanol–water partition coefficient (Wildman–Crippen LogP) is 4.17. The van der Waals surface area contributed by atoms with Crippen LogP contribution in [0.5, 0.6) is 0 Å². The smallest absolute Gasteiger partial charge is 0.228 e. The fourth-order valence-corrected chi connectivity index (χ4v) is 3.27. The van der Waals surface area contributed by atoms with Crippen molar-refractivity contribution < 1.29 is 4.79 Å². The molecule has 1 aromatic carbocycles. The zero-order valence-electron chi connectivity index (χ0n) is 13.4. The molecule has 2 N–H and O–H groups in total. The fourth-order valence-electron chi connectivity index (χ4n) is 3.09. The van der Waals surface area contributed by atoms with Gasteiger partial charge in [-0.05, 0) is 49.4 Å². The van der Waals surface area contributed by atoms with Crippen LogP contribution >= 0.6 is 11.6 Å². The van der Waals surface area contributed by atoms with E-state index >= 15 is 0 Å². The van der Waals surface area contributed by atoms with E-state index in [1.807, 2.05) is 35.3 Å². The lowest BCUT2D eigenvalue weighted by Gasteiger charge is -2.09. The minimum Gasteiger partial charge on any atom is -0.361 e. The van der Waals surface area contributed by atoms with Gasteiger partial charge in [0.2, 0.25) is 5.91 Å². The first-order valence-electron chi connectivity index (χ1n) is 8.19. The molecule has 1 aliphatic rings. The Hall–Kier alpha value is -2.27. The third-order valence-corrected chi connectivity index (χ3v) is 4.92. The van der Waals surface area contributed by atoms with Crippen LogP contribution in [0.1, 0.15) is 31.4 Å². The second-order valence-corrected chi connectivity index (χ2v) is 6.95. The van der Waals surface area contributed by atoms with Gasteiger partial charge in [0.1, 0.15) is 0 Å². The molecule has 6 heteroatoms. The molecule has 2 aromatic heterocycles. The lowest BCUT2D eigenvalue weighted by molar-refractivity contribution is -0.115. The van der Waals surface area contributed by atoms with E-state index in [2.05, 4.69) is 22.3 Å². The third-order valence-electron chi connectivity index (χ3n) is 4.69. The second kappa shape index (κ2) is 5.98. The highest BCUT2D eigenvalue weighted by molar-refractivity contribution is 6.31. The summed E-state index contributed by atoms with van der Waals surface area (Å²) in [6.45, 7) is 2.17. The molecular weight excluding hydrogens is 324 g/mol. The van der Waals surface area contributed by atoms with Crippen LogP contribution in [0, 0.1) is 5.92 Å². The number of rotatable bonds is 5. The number of carbonyl (C=O) groups is 1.